The van der Waals surface area contributed by atoms with Crippen LogP contribution in [0.5, 0.6) is 0 Å². The van der Waals surface area contributed by atoms with E-state index in [0.29, 0.717) is 13.1 Å². The Labute approximate surface area is 105 Å². The second-order valence-corrected chi connectivity index (χ2v) is 4.36. The Balaban J connectivity index is 2.09. The average Bonchev–Trinajstić information content (AvgIpc) is 2.94. The third kappa shape index (κ3) is 1.80. The quantitative estimate of drug-likeness (QED) is 0.766. The van der Waals surface area contributed by atoms with Crippen molar-refractivity contribution in [3.8, 4) is 0 Å². The van der Waals surface area contributed by atoms with Gasteiger partial charge in [-0.15, -0.1) is 0 Å². The summed E-state index contributed by atoms with van der Waals surface area (Å²) in [5.41, 5.74) is 8.77. The van der Waals surface area contributed by atoms with Crippen LogP contribution in [0.3, 0.4) is 0 Å². The number of rotatable bonds is 3. The molecule has 0 atom stereocenters. The summed E-state index contributed by atoms with van der Waals surface area (Å²) in [4.78, 5) is 0. The molecule has 4 nitrogen and oxygen atoms in total. The minimum atomic E-state index is 0.407. The van der Waals surface area contributed by atoms with E-state index in [1.54, 1.807) is 0 Å². The van der Waals surface area contributed by atoms with Crippen LogP contribution in [0.25, 0.3) is 11.0 Å². The molecule has 3 aromatic rings. The number of aromatic nitrogens is 2. The molecule has 2 aromatic heterocycles. The zero-order valence-electron chi connectivity index (χ0n) is 10.3. The molecule has 0 radical (unpaired) electrons. The first-order valence-electron chi connectivity index (χ1n) is 5.97. The zero-order chi connectivity index (χ0) is 12.5. The molecule has 92 valence electrons. The van der Waals surface area contributed by atoms with Gasteiger partial charge < -0.3 is 10.2 Å². The van der Waals surface area contributed by atoms with Crippen LogP contribution in [0.1, 0.15) is 17.0 Å². The van der Waals surface area contributed by atoms with Crippen LogP contribution in [-0.4, -0.2) is 9.78 Å². The summed E-state index contributed by atoms with van der Waals surface area (Å²) < 4.78 is 7.67. The smallest absolute Gasteiger partial charge is 0.134 e. The van der Waals surface area contributed by atoms with Crippen LogP contribution in [0.15, 0.2) is 40.9 Å². The lowest BCUT2D eigenvalue weighted by Crippen LogP contribution is -2.05. The third-order valence-electron chi connectivity index (χ3n) is 3.06. The molecule has 2 heterocycles. The Kier molecular flexibility index (Phi) is 2.64. The summed E-state index contributed by atoms with van der Waals surface area (Å²) in [5.74, 6) is 0.837. The predicted octanol–water partition coefficient (Wildman–Crippen LogP) is 2.44. The number of hydrogen-bond acceptors (Lipinski definition) is 3. The number of para-hydroxylation sites is 1. The van der Waals surface area contributed by atoms with Gasteiger partial charge in [0.1, 0.15) is 11.3 Å². The fourth-order valence-electron chi connectivity index (χ4n) is 2.20. The van der Waals surface area contributed by atoms with Crippen molar-refractivity contribution in [1.29, 1.82) is 0 Å². The maximum atomic E-state index is 5.76. The first-order valence-corrected chi connectivity index (χ1v) is 5.97. The van der Waals surface area contributed by atoms with Gasteiger partial charge in [0.05, 0.1) is 18.8 Å². The van der Waals surface area contributed by atoms with Crippen molar-refractivity contribution in [3.05, 3.63) is 53.5 Å². The molecule has 0 saturated heterocycles. The van der Waals surface area contributed by atoms with E-state index in [1.165, 1.54) is 0 Å². The van der Waals surface area contributed by atoms with Crippen LogP contribution in [0.2, 0.25) is 0 Å². The first kappa shape index (κ1) is 11.0. The van der Waals surface area contributed by atoms with E-state index in [0.717, 1.165) is 28.0 Å². The molecular weight excluding hydrogens is 226 g/mol. The van der Waals surface area contributed by atoms with E-state index in [2.05, 4.69) is 11.2 Å². The number of furan rings is 1. The summed E-state index contributed by atoms with van der Waals surface area (Å²) in [6.45, 7) is 3.08. The molecule has 0 saturated carbocycles. The molecule has 0 bridgehead atoms. The van der Waals surface area contributed by atoms with Crippen LogP contribution in [-0.2, 0) is 13.1 Å². The molecule has 0 aliphatic heterocycles. The highest BCUT2D eigenvalue weighted by Crippen LogP contribution is 2.26. The van der Waals surface area contributed by atoms with Crippen molar-refractivity contribution in [1.82, 2.24) is 9.78 Å². The van der Waals surface area contributed by atoms with Gasteiger partial charge in [-0.05, 0) is 19.1 Å². The fraction of sp³-hybridized carbons (Fsp3) is 0.214. The van der Waals surface area contributed by atoms with Crippen molar-refractivity contribution in [2.75, 3.05) is 0 Å². The predicted molar refractivity (Wildman–Crippen MR) is 70.2 cm³/mol. The number of hydrogen-bond donors (Lipinski definition) is 1. The standard InChI is InChI=1S/C14H15N3O/c1-10-6-7-17(16-10)9-12-11-4-2-3-5-13(11)18-14(12)8-15/h2-7H,8-9,15H2,1H3. The molecule has 1 aromatic carbocycles. The van der Waals surface area contributed by atoms with E-state index in [4.69, 9.17) is 10.2 Å². The molecule has 0 spiro atoms. The van der Waals surface area contributed by atoms with Gasteiger partial charge in [0.15, 0.2) is 0 Å². The fourth-order valence-corrected chi connectivity index (χ4v) is 2.20. The van der Waals surface area contributed by atoms with Crippen LogP contribution < -0.4 is 5.73 Å². The summed E-state index contributed by atoms with van der Waals surface area (Å²) >= 11 is 0. The summed E-state index contributed by atoms with van der Waals surface area (Å²) in [6.07, 6.45) is 1.97. The number of fused-ring (bicyclic) bond motifs is 1. The van der Waals surface area contributed by atoms with Crippen molar-refractivity contribution in [3.63, 3.8) is 0 Å². The summed E-state index contributed by atoms with van der Waals surface area (Å²) in [5, 5.41) is 5.52. The highest BCUT2D eigenvalue weighted by molar-refractivity contribution is 5.82. The zero-order valence-corrected chi connectivity index (χ0v) is 10.3. The minimum Gasteiger partial charge on any atom is -0.459 e. The van der Waals surface area contributed by atoms with Gasteiger partial charge in [-0.3, -0.25) is 4.68 Å². The van der Waals surface area contributed by atoms with Crippen molar-refractivity contribution >= 4 is 11.0 Å². The SMILES string of the molecule is Cc1ccn(Cc2c(CN)oc3ccccc23)n1. The molecule has 18 heavy (non-hydrogen) atoms. The van der Waals surface area contributed by atoms with Gasteiger partial charge >= 0.3 is 0 Å². The molecule has 2 N–H and O–H groups in total. The summed E-state index contributed by atoms with van der Waals surface area (Å²) in [7, 11) is 0. The average molecular weight is 241 g/mol. The molecular formula is C14H15N3O. The topological polar surface area (TPSA) is 57.0 Å². The van der Waals surface area contributed by atoms with E-state index in [-0.39, 0.29) is 0 Å². The van der Waals surface area contributed by atoms with Gasteiger partial charge in [-0.25, -0.2) is 0 Å². The highest BCUT2D eigenvalue weighted by atomic mass is 16.3. The van der Waals surface area contributed by atoms with E-state index < -0.39 is 0 Å². The molecule has 3 rings (SSSR count). The Hall–Kier alpha value is -2.07. The van der Waals surface area contributed by atoms with Gasteiger partial charge in [0, 0.05) is 17.1 Å². The summed E-state index contributed by atoms with van der Waals surface area (Å²) in [6, 6.07) is 9.99. The molecule has 0 aliphatic carbocycles. The van der Waals surface area contributed by atoms with E-state index in [1.807, 2.05) is 42.1 Å². The minimum absolute atomic E-state index is 0.407. The Morgan fingerprint density at radius 3 is 2.83 bits per heavy atom. The van der Waals surface area contributed by atoms with Crippen LogP contribution >= 0.6 is 0 Å². The van der Waals surface area contributed by atoms with Crippen molar-refractivity contribution in [2.24, 2.45) is 5.73 Å². The lowest BCUT2D eigenvalue weighted by molar-refractivity contribution is 0.538. The number of nitrogens with two attached hydrogens (primary N) is 1. The van der Waals surface area contributed by atoms with Crippen LogP contribution in [0, 0.1) is 6.92 Å². The van der Waals surface area contributed by atoms with Crippen molar-refractivity contribution in [2.45, 2.75) is 20.0 Å². The molecule has 0 amide bonds. The highest BCUT2D eigenvalue weighted by Gasteiger charge is 2.13. The van der Waals surface area contributed by atoms with Gasteiger partial charge in [-0.2, -0.15) is 5.10 Å². The number of benzene rings is 1. The van der Waals surface area contributed by atoms with E-state index in [9.17, 15) is 0 Å². The maximum Gasteiger partial charge on any atom is 0.134 e. The lowest BCUT2D eigenvalue weighted by Gasteiger charge is -2.02. The monoisotopic (exact) mass is 241 g/mol. The molecule has 0 fully saturated rings. The molecule has 0 aliphatic rings. The second-order valence-electron chi connectivity index (χ2n) is 4.36. The number of nitrogens with zero attached hydrogens (tertiary/aromatic N) is 2. The first-order chi connectivity index (χ1) is 8.78. The van der Waals surface area contributed by atoms with Gasteiger partial charge in [0.25, 0.3) is 0 Å². The Bertz CT molecular complexity index is 681. The molecule has 0 unspecified atom stereocenters. The third-order valence-corrected chi connectivity index (χ3v) is 3.06. The molecule has 4 heteroatoms. The number of aryl methyl sites for hydroxylation is 1. The Morgan fingerprint density at radius 1 is 1.28 bits per heavy atom. The largest absolute Gasteiger partial charge is 0.459 e. The van der Waals surface area contributed by atoms with Crippen molar-refractivity contribution < 1.29 is 4.42 Å². The maximum absolute atomic E-state index is 5.76. The normalized spacial score (nSPS) is 11.2. The lowest BCUT2D eigenvalue weighted by atomic mass is 10.1. The van der Waals surface area contributed by atoms with Crippen LogP contribution in [0.4, 0.5) is 0 Å². The van der Waals surface area contributed by atoms with E-state index >= 15 is 0 Å². The second kappa shape index (κ2) is 4.31. The van der Waals surface area contributed by atoms with Gasteiger partial charge in [-0.1, -0.05) is 18.2 Å². The van der Waals surface area contributed by atoms with Gasteiger partial charge in [0.2, 0.25) is 0 Å². The Morgan fingerprint density at radius 2 is 2.11 bits per heavy atom.